The lowest BCUT2D eigenvalue weighted by Crippen LogP contribution is -2.24. The number of aryl methyl sites for hydroxylation is 1. The van der Waals surface area contributed by atoms with Crippen molar-refractivity contribution in [2.24, 2.45) is 0 Å². The van der Waals surface area contributed by atoms with Gasteiger partial charge >= 0.3 is 0 Å². The molecule has 0 atom stereocenters. The van der Waals surface area contributed by atoms with Gasteiger partial charge in [-0.25, -0.2) is 0 Å². The van der Waals surface area contributed by atoms with Crippen LogP contribution in [0.1, 0.15) is 44.1 Å². The summed E-state index contributed by atoms with van der Waals surface area (Å²) >= 11 is 0. The topological polar surface area (TPSA) is 69.0 Å². The molecule has 1 N–H and O–H groups in total. The molecule has 0 aliphatic heterocycles. The first-order chi connectivity index (χ1) is 11.8. The Bertz CT molecular complexity index is 619. The number of hydrogen-bond donors (Lipinski definition) is 1. The van der Waals surface area contributed by atoms with Gasteiger partial charge in [-0.05, 0) is 43.4 Å². The summed E-state index contributed by atoms with van der Waals surface area (Å²) in [6.45, 7) is 1.07. The third kappa shape index (κ3) is 5.08. The van der Waals surface area contributed by atoms with Crippen LogP contribution in [0.3, 0.4) is 0 Å². The van der Waals surface area contributed by atoms with Crippen molar-refractivity contribution in [2.45, 2.75) is 57.7 Å². The summed E-state index contributed by atoms with van der Waals surface area (Å²) in [5.74, 6) is 0.927. The predicted molar refractivity (Wildman–Crippen MR) is 90.4 cm³/mol. The highest BCUT2D eigenvalue weighted by atomic mass is 16.5. The monoisotopic (exact) mass is 328 g/mol. The third-order valence-electron chi connectivity index (χ3n) is 4.31. The van der Waals surface area contributed by atoms with Crippen LogP contribution in [0, 0.1) is 0 Å². The Morgan fingerprint density at radius 1 is 1.21 bits per heavy atom. The molecular weight excluding hydrogens is 304 g/mol. The average Bonchev–Trinajstić information content (AvgIpc) is 3.14. The fourth-order valence-electron chi connectivity index (χ4n) is 2.92. The second-order valence-electron chi connectivity index (χ2n) is 6.21. The molecule has 0 saturated heterocycles. The second-order valence-corrected chi connectivity index (χ2v) is 6.21. The lowest BCUT2D eigenvalue weighted by atomic mass is 9.98. The quantitative estimate of drug-likeness (QED) is 0.848. The first kappa shape index (κ1) is 16.5. The highest BCUT2D eigenvalue weighted by Gasteiger charge is 2.14. The van der Waals surface area contributed by atoms with Crippen molar-refractivity contribution < 1.29 is 9.53 Å². The van der Waals surface area contributed by atoms with E-state index in [0.717, 1.165) is 24.2 Å². The van der Waals surface area contributed by atoms with Crippen molar-refractivity contribution in [3.05, 3.63) is 42.2 Å². The van der Waals surface area contributed by atoms with Gasteiger partial charge in [0.2, 0.25) is 5.91 Å². The molecule has 2 aromatic rings. The highest BCUT2D eigenvalue weighted by molar-refractivity contribution is 5.75. The summed E-state index contributed by atoms with van der Waals surface area (Å²) in [4.78, 5) is 11.8. The molecule has 24 heavy (non-hydrogen) atoms. The molecule has 1 amide bonds. The summed E-state index contributed by atoms with van der Waals surface area (Å²) in [6, 6.07) is 8.00. The number of amides is 1. The predicted octanol–water partition coefficient (Wildman–Crippen LogP) is 2.70. The molecule has 0 unspecified atom stereocenters. The third-order valence-corrected chi connectivity index (χ3v) is 4.31. The van der Waals surface area contributed by atoms with E-state index in [0.29, 0.717) is 25.6 Å². The molecule has 1 heterocycles. The van der Waals surface area contributed by atoms with E-state index >= 15 is 0 Å². The van der Waals surface area contributed by atoms with Gasteiger partial charge in [0.1, 0.15) is 5.75 Å². The lowest BCUT2D eigenvalue weighted by molar-refractivity contribution is -0.121. The molecule has 6 nitrogen and oxygen atoms in total. The smallest absolute Gasteiger partial charge is 0.222 e. The molecule has 1 saturated carbocycles. The Balaban J connectivity index is 1.39. The molecule has 3 rings (SSSR count). The summed E-state index contributed by atoms with van der Waals surface area (Å²) < 4.78 is 7.66. The minimum atomic E-state index is 0.00744. The van der Waals surface area contributed by atoms with Gasteiger partial charge in [0.05, 0.1) is 18.8 Å². The average molecular weight is 328 g/mol. The van der Waals surface area contributed by atoms with E-state index in [9.17, 15) is 4.79 Å². The zero-order chi connectivity index (χ0) is 16.6. The Morgan fingerprint density at radius 2 is 2.00 bits per heavy atom. The first-order valence-electron chi connectivity index (χ1n) is 8.66. The molecule has 128 valence electrons. The highest BCUT2D eigenvalue weighted by Crippen LogP contribution is 2.23. The number of rotatable bonds is 7. The Hall–Kier alpha value is -2.37. The number of carbonyl (C=O) groups is 1. The number of hydrogen-bond acceptors (Lipinski definition) is 4. The number of nitrogens with one attached hydrogen (secondary N) is 1. The van der Waals surface area contributed by atoms with Crippen LogP contribution in [0.5, 0.6) is 5.75 Å². The molecule has 1 aliphatic carbocycles. The molecule has 0 bridgehead atoms. The van der Waals surface area contributed by atoms with Crippen LogP contribution in [-0.2, 0) is 17.9 Å². The maximum Gasteiger partial charge on any atom is 0.222 e. The Morgan fingerprint density at radius 3 is 2.71 bits per heavy atom. The summed E-state index contributed by atoms with van der Waals surface area (Å²) in [6.07, 6.45) is 10.3. The summed E-state index contributed by atoms with van der Waals surface area (Å²) in [7, 11) is 0. The summed E-state index contributed by atoms with van der Waals surface area (Å²) in [5.41, 5.74) is 1.07. The fraction of sp³-hybridized carbons (Fsp3) is 0.500. The molecule has 1 aliphatic rings. The number of benzene rings is 1. The molecule has 1 aromatic carbocycles. The lowest BCUT2D eigenvalue weighted by Gasteiger charge is -2.23. The van der Waals surface area contributed by atoms with Gasteiger partial charge in [0.15, 0.2) is 0 Å². The normalized spacial score (nSPS) is 15.2. The van der Waals surface area contributed by atoms with E-state index in [2.05, 4.69) is 15.6 Å². The van der Waals surface area contributed by atoms with Crippen molar-refractivity contribution in [1.82, 2.24) is 20.3 Å². The number of carbonyl (C=O) groups excluding carboxylic acids is 1. The minimum absolute atomic E-state index is 0.00744. The van der Waals surface area contributed by atoms with Gasteiger partial charge in [0.25, 0.3) is 0 Å². The van der Waals surface area contributed by atoms with Crippen LogP contribution in [-0.4, -0.2) is 27.0 Å². The van der Waals surface area contributed by atoms with Crippen molar-refractivity contribution in [3.63, 3.8) is 0 Å². The number of nitrogens with zero attached hydrogens (tertiary/aromatic N) is 3. The molecule has 1 fully saturated rings. The van der Waals surface area contributed by atoms with Crippen molar-refractivity contribution >= 4 is 5.91 Å². The van der Waals surface area contributed by atoms with E-state index in [-0.39, 0.29) is 5.91 Å². The van der Waals surface area contributed by atoms with E-state index in [1.165, 1.54) is 19.3 Å². The van der Waals surface area contributed by atoms with Gasteiger partial charge in [-0.3, -0.25) is 9.48 Å². The van der Waals surface area contributed by atoms with Crippen molar-refractivity contribution in [1.29, 1.82) is 0 Å². The van der Waals surface area contributed by atoms with E-state index in [1.807, 2.05) is 24.3 Å². The standard InChI is InChI=1S/C18H24N4O2/c23-18(10-12-22-13-11-20-21-22)19-14-15-6-8-17(9-7-15)24-16-4-2-1-3-5-16/h6-9,11,13,16H,1-5,10,12,14H2,(H,19,23). The van der Waals surface area contributed by atoms with Gasteiger partial charge in [-0.2, -0.15) is 0 Å². The van der Waals surface area contributed by atoms with Crippen LogP contribution in [0.4, 0.5) is 0 Å². The zero-order valence-corrected chi connectivity index (χ0v) is 13.9. The maximum atomic E-state index is 11.8. The fourth-order valence-corrected chi connectivity index (χ4v) is 2.92. The van der Waals surface area contributed by atoms with Gasteiger partial charge in [-0.1, -0.05) is 23.8 Å². The summed E-state index contributed by atoms with van der Waals surface area (Å²) in [5, 5.41) is 10.5. The second kappa shape index (κ2) is 8.47. The van der Waals surface area contributed by atoms with E-state index < -0.39 is 0 Å². The van der Waals surface area contributed by atoms with Crippen molar-refractivity contribution in [2.75, 3.05) is 0 Å². The van der Waals surface area contributed by atoms with Crippen LogP contribution in [0.15, 0.2) is 36.7 Å². The molecular formula is C18H24N4O2. The molecule has 6 heteroatoms. The zero-order valence-electron chi connectivity index (χ0n) is 13.9. The van der Waals surface area contributed by atoms with E-state index in [1.54, 1.807) is 17.1 Å². The van der Waals surface area contributed by atoms with Gasteiger partial charge in [0, 0.05) is 19.2 Å². The van der Waals surface area contributed by atoms with Crippen LogP contribution < -0.4 is 10.1 Å². The molecule has 1 aromatic heterocycles. The number of aromatic nitrogens is 3. The largest absolute Gasteiger partial charge is 0.490 e. The maximum absolute atomic E-state index is 11.8. The van der Waals surface area contributed by atoms with Crippen LogP contribution in [0.25, 0.3) is 0 Å². The SMILES string of the molecule is O=C(CCn1ccnn1)NCc1ccc(OC2CCCCC2)cc1. The van der Waals surface area contributed by atoms with Gasteiger partial charge < -0.3 is 10.1 Å². The minimum Gasteiger partial charge on any atom is -0.490 e. The Kier molecular flexibility index (Phi) is 5.82. The molecule has 0 radical (unpaired) electrons. The Labute approximate surface area is 142 Å². The van der Waals surface area contributed by atoms with Crippen LogP contribution in [0.2, 0.25) is 0 Å². The number of ether oxygens (including phenoxy) is 1. The first-order valence-corrected chi connectivity index (χ1v) is 8.66. The van der Waals surface area contributed by atoms with Crippen molar-refractivity contribution in [3.8, 4) is 5.75 Å². The van der Waals surface area contributed by atoms with E-state index in [4.69, 9.17) is 4.74 Å². The molecule has 0 spiro atoms. The van der Waals surface area contributed by atoms with Gasteiger partial charge in [-0.15, -0.1) is 5.10 Å². The van der Waals surface area contributed by atoms with Crippen LogP contribution >= 0.6 is 0 Å².